The number of nitrogens with two attached hydrogens (primary N) is 1. The lowest BCUT2D eigenvalue weighted by Gasteiger charge is -2.22. The number of hydrogen-bond donors (Lipinski definition) is 3. The van der Waals surface area contributed by atoms with Crippen molar-refractivity contribution >= 4 is 17.4 Å². The van der Waals surface area contributed by atoms with E-state index in [-0.39, 0.29) is 5.91 Å². The number of nitrogen functional groups attached to an aromatic ring is 1. The molecule has 6 heteroatoms. The van der Waals surface area contributed by atoms with Crippen molar-refractivity contribution in [3.63, 3.8) is 0 Å². The lowest BCUT2D eigenvalue weighted by atomic mass is 10.2. The minimum absolute atomic E-state index is 0.202. The molecule has 1 fully saturated rings. The summed E-state index contributed by atoms with van der Waals surface area (Å²) in [6.45, 7) is 1.84. The molecule has 0 aromatic carbocycles. The maximum atomic E-state index is 11.8. The number of amides is 1. The fourth-order valence-corrected chi connectivity index (χ4v) is 1.47. The van der Waals surface area contributed by atoms with Gasteiger partial charge in [-0.15, -0.1) is 0 Å². The Morgan fingerprint density at radius 3 is 3.25 bits per heavy atom. The topological polar surface area (TPSA) is 89.3 Å². The Bertz CT molecular complexity index is 377. The van der Waals surface area contributed by atoms with Crippen LogP contribution in [0, 0.1) is 0 Å². The van der Waals surface area contributed by atoms with E-state index < -0.39 is 6.10 Å². The quantitative estimate of drug-likeness (QED) is 0.633. The second-order valence-corrected chi connectivity index (χ2v) is 3.49. The van der Waals surface area contributed by atoms with Crippen LogP contribution in [0.3, 0.4) is 0 Å². The van der Waals surface area contributed by atoms with Crippen molar-refractivity contribution in [2.75, 3.05) is 30.7 Å². The highest BCUT2D eigenvalue weighted by atomic mass is 16.5. The molecule has 2 rings (SSSR count). The van der Waals surface area contributed by atoms with E-state index in [0.29, 0.717) is 24.7 Å². The molecule has 1 aromatic heterocycles. The average Bonchev–Trinajstić information content (AvgIpc) is 2.33. The summed E-state index contributed by atoms with van der Waals surface area (Å²) < 4.78 is 5.32. The van der Waals surface area contributed by atoms with Gasteiger partial charge in [0.15, 0.2) is 0 Å². The maximum absolute atomic E-state index is 11.8. The summed E-state index contributed by atoms with van der Waals surface area (Å²) >= 11 is 0. The molecule has 6 nitrogen and oxygen atoms in total. The number of carbonyl (C=O) groups excluding carboxylic acids is 1. The van der Waals surface area contributed by atoms with Crippen LogP contribution >= 0.6 is 0 Å². The Morgan fingerprint density at radius 1 is 1.69 bits per heavy atom. The van der Waals surface area contributed by atoms with Gasteiger partial charge in [-0.05, 0) is 12.1 Å². The molecule has 1 aromatic rings. The first-order chi connectivity index (χ1) is 7.77. The highest BCUT2D eigenvalue weighted by Gasteiger charge is 2.22. The normalized spacial score (nSPS) is 20.4. The van der Waals surface area contributed by atoms with Gasteiger partial charge in [-0.2, -0.15) is 0 Å². The molecule has 86 valence electrons. The molecule has 1 amide bonds. The maximum Gasteiger partial charge on any atom is 0.254 e. The van der Waals surface area contributed by atoms with E-state index in [1.165, 1.54) is 0 Å². The van der Waals surface area contributed by atoms with Crippen molar-refractivity contribution in [1.29, 1.82) is 0 Å². The Balaban J connectivity index is 1.99. The van der Waals surface area contributed by atoms with Crippen molar-refractivity contribution < 1.29 is 9.53 Å². The number of hydrogen-bond acceptors (Lipinski definition) is 5. The number of aromatic nitrogens is 1. The predicted octanol–water partition coefficient (Wildman–Crippen LogP) is -0.409. The molecule has 0 saturated carbocycles. The number of nitrogens with zero attached hydrogens (tertiary/aromatic N) is 1. The van der Waals surface area contributed by atoms with Gasteiger partial charge in [-0.1, -0.05) is 0 Å². The fourth-order valence-electron chi connectivity index (χ4n) is 1.47. The Kier molecular flexibility index (Phi) is 3.33. The standard InChI is InChI=1S/C10H14N4O2/c11-9-7(2-1-3-13-9)14-10(15)8-6-12-4-5-16-8/h1-3,8,12H,4-6H2,(H2,11,13)(H,14,15)/t8-/m0/s1. The summed E-state index contributed by atoms with van der Waals surface area (Å²) in [6, 6.07) is 3.42. The molecular formula is C10H14N4O2. The number of rotatable bonds is 2. The van der Waals surface area contributed by atoms with Crippen LogP contribution < -0.4 is 16.4 Å². The zero-order valence-electron chi connectivity index (χ0n) is 8.77. The van der Waals surface area contributed by atoms with Gasteiger partial charge in [-0.25, -0.2) is 4.98 Å². The van der Waals surface area contributed by atoms with Crippen molar-refractivity contribution in [3.05, 3.63) is 18.3 Å². The van der Waals surface area contributed by atoms with E-state index in [0.717, 1.165) is 6.54 Å². The molecule has 0 unspecified atom stereocenters. The van der Waals surface area contributed by atoms with Gasteiger partial charge in [-0.3, -0.25) is 4.79 Å². The number of morpholine rings is 1. The molecule has 4 N–H and O–H groups in total. The SMILES string of the molecule is Nc1ncccc1NC(=O)[C@@H]1CNCCO1. The van der Waals surface area contributed by atoms with Gasteiger partial charge in [0.05, 0.1) is 12.3 Å². The molecule has 0 radical (unpaired) electrons. The van der Waals surface area contributed by atoms with Crippen molar-refractivity contribution in [1.82, 2.24) is 10.3 Å². The molecule has 1 aliphatic rings. The van der Waals surface area contributed by atoms with Crippen LogP contribution in [-0.2, 0) is 9.53 Å². The monoisotopic (exact) mass is 222 g/mol. The largest absolute Gasteiger partial charge is 0.382 e. The molecule has 0 aliphatic carbocycles. The first-order valence-electron chi connectivity index (χ1n) is 5.11. The van der Waals surface area contributed by atoms with Gasteiger partial charge < -0.3 is 21.1 Å². The van der Waals surface area contributed by atoms with E-state index in [1.54, 1.807) is 18.3 Å². The van der Waals surface area contributed by atoms with E-state index in [9.17, 15) is 4.79 Å². The smallest absolute Gasteiger partial charge is 0.254 e. The van der Waals surface area contributed by atoms with Gasteiger partial charge in [0, 0.05) is 19.3 Å². The lowest BCUT2D eigenvalue weighted by molar-refractivity contribution is -0.128. The van der Waals surface area contributed by atoms with Crippen molar-refractivity contribution in [2.45, 2.75) is 6.10 Å². The molecule has 0 bridgehead atoms. The summed E-state index contributed by atoms with van der Waals surface area (Å²) in [4.78, 5) is 15.6. The number of carbonyl (C=O) groups is 1. The van der Waals surface area contributed by atoms with Crippen molar-refractivity contribution in [3.8, 4) is 0 Å². The van der Waals surface area contributed by atoms with Crippen LogP contribution in [0.5, 0.6) is 0 Å². The molecule has 1 saturated heterocycles. The molecule has 16 heavy (non-hydrogen) atoms. The highest BCUT2D eigenvalue weighted by Crippen LogP contribution is 2.14. The minimum atomic E-state index is -0.464. The third kappa shape index (κ3) is 2.47. The lowest BCUT2D eigenvalue weighted by Crippen LogP contribution is -2.45. The molecular weight excluding hydrogens is 208 g/mol. The molecule has 2 heterocycles. The first kappa shape index (κ1) is 10.8. The van der Waals surface area contributed by atoms with E-state index in [2.05, 4.69) is 15.6 Å². The number of anilines is 2. The average molecular weight is 222 g/mol. The van der Waals surface area contributed by atoms with Crippen LogP contribution in [-0.4, -0.2) is 36.7 Å². The molecule has 1 atom stereocenters. The summed E-state index contributed by atoms with van der Waals surface area (Å²) in [7, 11) is 0. The van der Waals surface area contributed by atoms with Crippen LogP contribution in [0.4, 0.5) is 11.5 Å². The number of nitrogens with one attached hydrogen (secondary N) is 2. The van der Waals surface area contributed by atoms with E-state index >= 15 is 0 Å². The van der Waals surface area contributed by atoms with Crippen LogP contribution in [0.15, 0.2) is 18.3 Å². The number of pyridine rings is 1. The summed E-state index contributed by atoms with van der Waals surface area (Å²) in [5, 5.41) is 5.77. The summed E-state index contributed by atoms with van der Waals surface area (Å²) in [5.74, 6) is 0.103. The van der Waals surface area contributed by atoms with Gasteiger partial charge >= 0.3 is 0 Å². The second kappa shape index (κ2) is 4.91. The van der Waals surface area contributed by atoms with Gasteiger partial charge in [0.1, 0.15) is 11.9 Å². The van der Waals surface area contributed by atoms with Gasteiger partial charge in [0.2, 0.25) is 0 Å². The highest BCUT2D eigenvalue weighted by molar-refractivity contribution is 5.96. The molecule has 0 spiro atoms. The Labute approximate surface area is 93.2 Å². The molecule has 1 aliphatic heterocycles. The van der Waals surface area contributed by atoms with Crippen LogP contribution in [0.2, 0.25) is 0 Å². The van der Waals surface area contributed by atoms with E-state index in [1.807, 2.05) is 0 Å². The first-order valence-corrected chi connectivity index (χ1v) is 5.11. The zero-order chi connectivity index (χ0) is 11.4. The third-order valence-electron chi connectivity index (χ3n) is 2.32. The van der Waals surface area contributed by atoms with Crippen LogP contribution in [0.1, 0.15) is 0 Å². The van der Waals surface area contributed by atoms with Crippen molar-refractivity contribution in [2.24, 2.45) is 0 Å². The van der Waals surface area contributed by atoms with Crippen LogP contribution in [0.25, 0.3) is 0 Å². The van der Waals surface area contributed by atoms with Gasteiger partial charge in [0.25, 0.3) is 5.91 Å². The third-order valence-corrected chi connectivity index (χ3v) is 2.32. The zero-order valence-corrected chi connectivity index (χ0v) is 8.77. The van der Waals surface area contributed by atoms with E-state index in [4.69, 9.17) is 10.5 Å². The minimum Gasteiger partial charge on any atom is -0.382 e. The number of ether oxygens (including phenoxy) is 1. The fraction of sp³-hybridized carbons (Fsp3) is 0.400. The second-order valence-electron chi connectivity index (χ2n) is 3.49. The predicted molar refractivity (Wildman–Crippen MR) is 59.9 cm³/mol. The summed E-state index contributed by atoms with van der Waals surface area (Å²) in [5.41, 5.74) is 6.13. The Hall–Kier alpha value is -1.66. The Morgan fingerprint density at radius 2 is 2.56 bits per heavy atom. The summed E-state index contributed by atoms with van der Waals surface area (Å²) in [6.07, 6.45) is 1.11.